The van der Waals surface area contributed by atoms with E-state index >= 15 is 0 Å². The van der Waals surface area contributed by atoms with Crippen LogP contribution in [0.15, 0.2) is 58.1 Å². The maximum absolute atomic E-state index is 12.8. The van der Waals surface area contributed by atoms with Gasteiger partial charge in [-0.3, -0.25) is 19.6 Å². The lowest BCUT2D eigenvalue weighted by molar-refractivity contribution is -0.122. The van der Waals surface area contributed by atoms with Crippen LogP contribution in [0.25, 0.3) is 21.5 Å². The first kappa shape index (κ1) is 41.7. The monoisotopic (exact) mass is 814 g/mol. The fraction of sp³-hybridized carbons (Fsp3) is 0.389. The Bertz CT molecular complexity index is 2210. The number of hydrogen-bond donors (Lipinski definition) is 0. The fourth-order valence-electron chi connectivity index (χ4n) is 5.55. The van der Waals surface area contributed by atoms with Crippen LogP contribution in [-0.4, -0.2) is 52.1 Å². The number of aromatic nitrogens is 8. The molecule has 6 aromatic heterocycles. The summed E-state index contributed by atoms with van der Waals surface area (Å²) >= 11 is 2.44. The molecule has 6 aromatic rings. The van der Waals surface area contributed by atoms with Crippen molar-refractivity contribution in [2.45, 2.75) is 86.2 Å². The van der Waals surface area contributed by atoms with Gasteiger partial charge in [0, 0.05) is 24.7 Å². The summed E-state index contributed by atoms with van der Waals surface area (Å²) in [4.78, 5) is 46.1. The molecule has 1 atom stereocenters. The fourth-order valence-corrected chi connectivity index (χ4v) is 7.20. The average molecular weight is 815 g/mol. The molecule has 0 aromatic carbocycles. The molecule has 0 fully saturated rings. The second kappa shape index (κ2) is 19.4. The molecule has 20 heteroatoms. The molecule has 56 heavy (non-hydrogen) atoms. The first-order valence-electron chi connectivity index (χ1n) is 17.7. The smallest absolute Gasteiger partial charge is 0.314 e. The number of carbonyl (C=O) groups is 2. The summed E-state index contributed by atoms with van der Waals surface area (Å²) in [5, 5.41) is 15.1. The number of nitrogens with zero attached hydrogens (tertiary/aromatic N) is 10. The zero-order valence-corrected chi connectivity index (χ0v) is 32.7. The third-order valence-corrected chi connectivity index (χ3v) is 10.1. The van der Waals surface area contributed by atoms with E-state index in [0.717, 1.165) is 35.3 Å². The van der Waals surface area contributed by atoms with Crippen molar-refractivity contribution >= 4 is 45.9 Å². The maximum atomic E-state index is 12.8. The minimum atomic E-state index is -2.82. The number of carbonyl (C=O) groups excluding carboxylic acids is 2. The second-order valence-electron chi connectivity index (χ2n) is 11.6. The van der Waals surface area contributed by atoms with E-state index in [1.165, 1.54) is 35.1 Å². The minimum absolute atomic E-state index is 0.00460. The van der Waals surface area contributed by atoms with E-state index in [9.17, 15) is 27.2 Å². The molecular formula is C36H38F4N10O4S2. The Morgan fingerprint density at radius 1 is 0.696 bits per heavy atom. The molecule has 8 rings (SSSR count). The van der Waals surface area contributed by atoms with E-state index in [-0.39, 0.29) is 42.6 Å². The molecule has 0 N–H and O–H groups in total. The van der Waals surface area contributed by atoms with Crippen molar-refractivity contribution in [2.75, 3.05) is 9.80 Å². The number of alkyl halides is 4. The van der Waals surface area contributed by atoms with Crippen molar-refractivity contribution in [3.8, 4) is 21.5 Å². The summed E-state index contributed by atoms with van der Waals surface area (Å²) in [5.41, 5.74) is 3.68. The van der Waals surface area contributed by atoms with E-state index in [1.807, 2.05) is 46.8 Å². The quantitative estimate of drug-likeness (QED) is 0.134. The van der Waals surface area contributed by atoms with Crippen molar-refractivity contribution in [3.63, 3.8) is 0 Å². The summed E-state index contributed by atoms with van der Waals surface area (Å²) in [6.45, 7) is 10.5. The van der Waals surface area contributed by atoms with Crippen LogP contribution in [0.3, 0.4) is 0 Å². The molecule has 0 bridgehead atoms. The van der Waals surface area contributed by atoms with Gasteiger partial charge >= 0.3 is 12.9 Å². The molecule has 296 valence electrons. The molecular weight excluding hydrogens is 777 g/mol. The van der Waals surface area contributed by atoms with Gasteiger partial charge in [-0.25, -0.2) is 9.97 Å². The van der Waals surface area contributed by atoms with Gasteiger partial charge in [0.15, 0.2) is 0 Å². The van der Waals surface area contributed by atoms with Crippen LogP contribution < -0.4 is 9.80 Å². The number of halogens is 4. The van der Waals surface area contributed by atoms with Crippen LogP contribution in [0.5, 0.6) is 0 Å². The zero-order valence-electron chi connectivity index (χ0n) is 31.0. The van der Waals surface area contributed by atoms with Gasteiger partial charge in [0.1, 0.15) is 19.8 Å². The molecule has 0 aliphatic carbocycles. The predicted octanol–water partition coefficient (Wildman–Crippen LogP) is 8.70. The SMILES string of the molecule is CC.CC.C[C@H]1CCc2ccncc2N(Cc2ncc(-c3nnc(C(F)F)o3)s2)C1=O.O=C1CCc2ccncc2N1Cc1ncc(-c2nnc(C(F)F)o2)s1. The Morgan fingerprint density at radius 2 is 1.18 bits per heavy atom. The second-order valence-corrected chi connectivity index (χ2v) is 13.8. The molecule has 14 nitrogen and oxygen atoms in total. The summed E-state index contributed by atoms with van der Waals surface area (Å²) in [6.07, 6.45) is 6.78. The van der Waals surface area contributed by atoms with Crippen LogP contribution in [0.2, 0.25) is 0 Å². The largest absolute Gasteiger partial charge is 0.414 e. The van der Waals surface area contributed by atoms with Gasteiger partial charge in [-0.15, -0.1) is 43.1 Å². The van der Waals surface area contributed by atoms with Gasteiger partial charge in [-0.1, -0.05) is 34.6 Å². The Labute approximate surface area is 327 Å². The standard InChI is InChI=1S/C17H15F2N5O2S.C15H11F2N5O2S.2C2H6/c1-9-2-3-10-4-5-20-6-11(10)24(17(9)25)8-13-21-7-12(27-13)15-22-23-16(26-15)14(18)19;16-13(17)15-21-20-14(24-15)10-6-19-11(25-10)7-22-9-5-18-4-3-8(9)1-2-12(22)23;2*1-2/h4-7,9,14H,2-3,8H2,1H3;3-6,13H,1-2,7H2;2*1-2H3/t9-;;;/m0.../s1. The number of pyridine rings is 2. The lowest BCUT2D eigenvalue weighted by atomic mass is 10.0. The topological polar surface area (TPSA) is 170 Å². The van der Waals surface area contributed by atoms with Crippen LogP contribution >= 0.6 is 22.7 Å². The molecule has 0 unspecified atom stereocenters. The summed E-state index contributed by atoms with van der Waals surface area (Å²) < 4.78 is 60.2. The van der Waals surface area contributed by atoms with E-state index in [0.29, 0.717) is 32.6 Å². The van der Waals surface area contributed by atoms with Gasteiger partial charge in [-0.05, 0) is 42.5 Å². The van der Waals surface area contributed by atoms with Gasteiger partial charge in [0.2, 0.25) is 11.8 Å². The van der Waals surface area contributed by atoms with Crippen LogP contribution in [0.4, 0.5) is 28.9 Å². The van der Waals surface area contributed by atoms with Crippen molar-refractivity contribution in [2.24, 2.45) is 5.92 Å². The molecule has 8 heterocycles. The van der Waals surface area contributed by atoms with Crippen molar-refractivity contribution in [1.29, 1.82) is 0 Å². The highest BCUT2D eigenvalue weighted by molar-refractivity contribution is 7.15. The Kier molecular flexibility index (Phi) is 14.4. The summed E-state index contributed by atoms with van der Waals surface area (Å²) in [7, 11) is 0. The minimum Gasteiger partial charge on any atom is -0.414 e. The van der Waals surface area contributed by atoms with E-state index < -0.39 is 24.6 Å². The maximum Gasteiger partial charge on any atom is 0.314 e. The molecule has 2 amide bonds. The summed E-state index contributed by atoms with van der Waals surface area (Å²) in [5.74, 6) is -1.57. The molecule has 0 saturated heterocycles. The van der Waals surface area contributed by atoms with Gasteiger partial charge in [0.05, 0.1) is 49.3 Å². The van der Waals surface area contributed by atoms with Crippen molar-refractivity contribution in [1.82, 2.24) is 40.3 Å². The lowest BCUT2D eigenvalue weighted by Crippen LogP contribution is -2.34. The number of fused-ring (bicyclic) bond motifs is 2. The Balaban J connectivity index is 0.000000197. The van der Waals surface area contributed by atoms with E-state index in [4.69, 9.17) is 8.83 Å². The van der Waals surface area contributed by atoms with Crippen molar-refractivity contribution < 1.29 is 36.0 Å². The molecule has 2 aliphatic heterocycles. The highest BCUT2D eigenvalue weighted by atomic mass is 32.1. The first-order chi connectivity index (χ1) is 27.1. The molecule has 2 aliphatic rings. The Hall–Kier alpha value is -5.50. The lowest BCUT2D eigenvalue weighted by Gasteiger charge is -2.28. The molecule has 0 radical (unpaired) electrons. The third kappa shape index (κ3) is 9.65. The zero-order chi connectivity index (χ0) is 40.4. The number of thiazole rings is 2. The highest BCUT2D eigenvalue weighted by Crippen LogP contribution is 2.34. The van der Waals surface area contributed by atoms with E-state index in [2.05, 4.69) is 40.3 Å². The first-order valence-corrected chi connectivity index (χ1v) is 19.4. The van der Waals surface area contributed by atoms with Gasteiger partial charge in [-0.2, -0.15) is 17.6 Å². The van der Waals surface area contributed by atoms with Crippen LogP contribution in [0, 0.1) is 5.92 Å². The molecule has 0 saturated carbocycles. The normalized spacial score (nSPS) is 14.9. The number of hydrogen-bond acceptors (Lipinski definition) is 14. The molecule has 0 spiro atoms. The van der Waals surface area contributed by atoms with Gasteiger partial charge < -0.3 is 18.6 Å². The number of amides is 2. The van der Waals surface area contributed by atoms with E-state index in [1.54, 1.807) is 34.6 Å². The predicted molar refractivity (Wildman–Crippen MR) is 200 cm³/mol. The van der Waals surface area contributed by atoms with Crippen molar-refractivity contribution in [3.05, 3.63) is 82.2 Å². The van der Waals surface area contributed by atoms with Gasteiger partial charge in [0.25, 0.3) is 23.6 Å². The number of anilines is 2. The summed E-state index contributed by atoms with van der Waals surface area (Å²) in [6, 6.07) is 3.82. The third-order valence-electron chi connectivity index (χ3n) is 8.17. The Morgan fingerprint density at radius 3 is 1.68 bits per heavy atom. The van der Waals surface area contributed by atoms with Crippen LogP contribution in [-0.2, 0) is 35.5 Å². The van der Waals surface area contributed by atoms with Crippen LogP contribution in [0.1, 0.15) is 93.2 Å². The number of aryl methyl sites for hydroxylation is 2. The highest BCUT2D eigenvalue weighted by Gasteiger charge is 2.29. The average Bonchev–Trinajstić information content (AvgIpc) is 4.06. The number of rotatable bonds is 8.